The summed E-state index contributed by atoms with van der Waals surface area (Å²) in [5.74, 6) is -1.73. The first-order chi connectivity index (χ1) is 8.93. The van der Waals surface area contributed by atoms with Crippen molar-refractivity contribution >= 4 is 16.0 Å². The lowest BCUT2D eigenvalue weighted by Crippen LogP contribution is -2.43. The van der Waals surface area contributed by atoms with Crippen LogP contribution in [0.1, 0.15) is 12.8 Å². The Balaban J connectivity index is 2.33. The molecule has 2 rings (SSSR count). The Labute approximate surface area is 109 Å². The number of sulfonamides is 1. The predicted octanol–water partition coefficient (Wildman–Crippen LogP) is -0.140. The molecule has 2 N–H and O–H groups in total. The molecule has 2 heterocycles. The number of piperidine rings is 1. The third-order valence-corrected chi connectivity index (χ3v) is 5.02. The Bertz CT molecular complexity index is 636. The monoisotopic (exact) mass is 286 g/mol. The third kappa shape index (κ3) is 2.69. The zero-order valence-corrected chi connectivity index (χ0v) is 10.9. The maximum Gasteiger partial charge on any atom is 0.307 e. The molecule has 1 aliphatic rings. The normalized spacial score (nSPS) is 21.2. The van der Waals surface area contributed by atoms with Crippen LogP contribution in [0.3, 0.4) is 0 Å². The topological polar surface area (TPSA) is 108 Å². The molecule has 0 aromatic carbocycles. The van der Waals surface area contributed by atoms with E-state index in [1.165, 1.54) is 18.3 Å². The van der Waals surface area contributed by atoms with Crippen molar-refractivity contribution < 1.29 is 18.3 Å². The fraction of sp³-hybridized carbons (Fsp3) is 0.455. The molecule has 1 fully saturated rings. The number of aromatic amines is 1. The Kier molecular flexibility index (Phi) is 3.72. The summed E-state index contributed by atoms with van der Waals surface area (Å²) in [5.41, 5.74) is -0.694. The van der Waals surface area contributed by atoms with Crippen LogP contribution in [-0.2, 0) is 14.8 Å². The van der Waals surface area contributed by atoms with Crippen LogP contribution in [0.25, 0.3) is 0 Å². The van der Waals surface area contributed by atoms with Crippen LogP contribution >= 0.6 is 0 Å². The van der Waals surface area contributed by atoms with Gasteiger partial charge in [0.15, 0.2) is 0 Å². The standard InChI is InChI=1S/C11H14N2O5S/c14-10-9(4-1-5-12-10)19(17,18)13-6-2-3-8(7-13)11(15)16/h1,4-5,8H,2-3,6-7H2,(H,12,14)(H,15,16). The molecule has 0 radical (unpaired) electrons. The van der Waals surface area contributed by atoms with E-state index in [0.717, 1.165) is 4.31 Å². The molecule has 0 amide bonds. The van der Waals surface area contributed by atoms with Gasteiger partial charge in [0.25, 0.3) is 5.56 Å². The lowest BCUT2D eigenvalue weighted by atomic mass is 10.0. The molecule has 19 heavy (non-hydrogen) atoms. The van der Waals surface area contributed by atoms with Crippen molar-refractivity contribution in [3.05, 3.63) is 28.7 Å². The predicted molar refractivity (Wildman–Crippen MR) is 66.2 cm³/mol. The number of nitrogens with one attached hydrogen (secondary N) is 1. The van der Waals surface area contributed by atoms with Crippen LogP contribution in [0.2, 0.25) is 0 Å². The number of carboxylic acid groups (broad SMARTS) is 1. The number of aromatic nitrogens is 1. The van der Waals surface area contributed by atoms with Crippen LogP contribution in [0.15, 0.2) is 28.0 Å². The second kappa shape index (κ2) is 5.14. The van der Waals surface area contributed by atoms with Gasteiger partial charge in [-0.2, -0.15) is 4.31 Å². The van der Waals surface area contributed by atoms with Crippen LogP contribution in [0.5, 0.6) is 0 Å². The highest BCUT2D eigenvalue weighted by atomic mass is 32.2. The maximum atomic E-state index is 12.3. The van der Waals surface area contributed by atoms with Crippen molar-refractivity contribution in [3.8, 4) is 0 Å². The van der Waals surface area contributed by atoms with Crippen LogP contribution in [0, 0.1) is 5.92 Å². The fourth-order valence-electron chi connectivity index (χ4n) is 2.11. The molecule has 7 nitrogen and oxygen atoms in total. The van der Waals surface area contributed by atoms with E-state index < -0.39 is 27.5 Å². The fourth-order valence-corrected chi connectivity index (χ4v) is 3.68. The molecule has 1 aliphatic heterocycles. The minimum atomic E-state index is -3.93. The molecule has 1 aromatic heterocycles. The molecule has 0 aliphatic carbocycles. The van der Waals surface area contributed by atoms with Crippen LogP contribution in [0.4, 0.5) is 0 Å². The van der Waals surface area contributed by atoms with E-state index in [2.05, 4.69) is 4.98 Å². The quantitative estimate of drug-likeness (QED) is 0.804. The largest absolute Gasteiger partial charge is 0.481 e. The highest BCUT2D eigenvalue weighted by Gasteiger charge is 2.34. The molecule has 8 heteroatoms. The van der Waals surface area contributed by atoms with Gasteiger partial charge in [-0.15, -0.1) is 0 Å². The molecule has 0 spiro atoms. The SMILES string of the molecule is O=C(O)C1CCCN(S(=O)(=O)c2ccc[nH]c2=O)C1. The Morgan fingerprint density at radius 2 is 2.21 bits per heavy atom. The van der Waals surface area contributed by atoms with Crippen molar-refractivity contribution in [2.45, 2.75) is 17.7 Å². The lowest BCUT2D eigenvalue weighted by molar-refractivity contribution is -0.142. The Hall–Kier alpha value is -1.67. The number of carbonyl (C=O) groups is 1. The zero-order valence-electron chi connectivity index (χ0n) is 10.1. The summed E-state index contributed by atoms with van der Waals surface area (Å²) in [4.78, 5) is 24.4. The van der Waals surface area contributed by atoms with Gasteiger partial charge in [-0.25, -0.2) is 8.42 Å². The Morgan fingerprint density at radius 1 is 1.47 bits per heavy atom. The number of carboxylic acids is 1. The van der Waals surface area contributed by atoms with E-state index in [4.69, 9.17) is 5.11 Å². The van der Waals surface area contributed by atoms with E-state index in [1.807, 2.05) is 0 Å². The van der Waals surface area contributed by atoms with Gasteiger partial charge in [-0.3, -0.25) is 9.59 Å². The lowest BCUT2D eigenvalue weighted by Gasteiger charge is -2.29. The van der Waals surface area contributed by atoms with Gasteiger partial charge in [-0.1, -0.05) is 0 Å². The summed E-state index contributed by atoms with van der Waals surface area (Å²) in [6.45, 7) is 0.145. The molecule has 1 atom stereocenters. The number of hydrogen-bond acceptors (Lipinski definition) is 4. The molecule has 104 valence electrons. The highest BCUT2D eigenvalue weighted by molar-refractivity contribution is 7.89. The molecule has 0 bridgehead atoms. The first kappa shape index (κ1) is 13.8. The first-order valence-electron chi connectivity index (χ1n) is 5.83. The maximum absolute atomic E-state index is 12.3. The summed E-state index contributed by atoms with van der Waals surface area (Å²) in [5, 5.41) is 8.96. The minimum absolute atomic E-state index is 0.0913. The van der Waals surface area contributed by atoms with Gasteiger partial charge in [0.1, 0.15) is 4.90 Å². The number of rotatable bonds is 3. The number of pyridine rings is 1. The van der Waals surface area contributed by atoms with Crippen molar-refractivity contribution in [2.75, 3.05) is 13.1 Å². The van der Waals surface area contributed by atoms with Crippen LogP contribution in [-0.4, -0.2) is 41.9 Å². The molecule has 1 unspecified atom stereocenters. The van der Waals surface area contributed by atoms with Gasteiger partial charge >= 0.3 is 5.97 Å². The molecule has 1 aromatic rings. The molecule has 0 saturated carbocycles. The Morgan fingerprint density at radius 3 is 2.84 bits per heavy atom. The molecule has 1 saturated heterocycles. The van der Waals surface area contributed by atoms with E-state index in [9.17, 15) is 18.0 Å². The second-order valence-corrected chi connectivity index (χ2v) is 6.31. The van der Waals surface area contributed by atoms with Crippen molar-refractivity contribution in [2.24, 2.45) is 5.92 Å². The van der Waals surface area contributed by atoms with E-state index in [-0.39, 0.29) is 18.0 Å². The summed E-state index contributed by atoms with van der Waals surface area (Å²) < 4.78 is 25.6. The number of aliphatic carboxylic acids is 1. The second-order valence-electron chi connectivity index (χ2n) is 4.40. The van der Waals surface area contributed by atoms with Crippen LogP contribution < -0.4 is 5.56 Å². The minimum Gasteiger partial charge on any atom is -0.481 e. The number of H-pyrrole nitrogens is 1. The molecular formula is C11H14N2O5S. The van der Waals surface area contributed by atoms with Crippen molar-refractivity contribution in [1.29, 1.82) is 0 Å². The smallest absolute Gasteiger partial charge is 0.307 e. The van der Waals surface area contributed by atoms with Gasteiger partial charge in [0.2, 0.25) is 10.0 Å². The summed E-state index contributed by atoms with van der Waals surface area (Å²) in [6.07, 6.45) is 2.27. The zero-order chi connectivity index (χ0) is 14.0. The van der Waals surface area contributed by atoms with E-state index >= 15 is 0 Å². The number of nitrogens with zero attached hydrogens (tertiary/aromatic N) is 1. The average Bonchev–Trinajstić information content (AvgIpc) is 2.39. The van der Waals surface area contributed by atoms with Gasteiger partial charge in [0.05, 0.1) is 5.92 Å². The number of hydrogen-bond donors (Lipinski definition) is 2. The van der Waals surface area contributed by atoms with Gasteiger partial charge in [0, 0.05) is 19.3 Å². The highest BCUT2D eigenvalue weighted by Crippen LogP contribution is 2.22. The summed E-state index contributed by atoms with van der Waals surface area (Å²) in [6, 6.07) is 2.64. The van der Waals surface area contributed by atoms with Gasteiger partial charge < -0.3 is 10.1 Å². The summed E-state index contributed by atoms with van der Waals surface area (Å²) >= 11 is 0. The summed E-state index contributed by atoms with van der Waals surface area (Å²) in [7, 11) is -3.93. The third-order valence-electron chi connectivity index (χ3n) is 3.13. The van der Waals surface area contributed by atoms with Gasteiger partial charge in [-0.05, 0) is 25.0 Å². The van der Waals surface area contributed by atoms with Crippen molar-refractivity contribution in [1.82, 2.24) is 9.29 Å². The first-order valence-corrected chi connectivity index (χ1v) is 7.27. The average molecular weight is 286 g/mol. The molecular weight excluding hydrogens is 272 g/mol. The van der Waals surface area contributed by atoms with E-state index in [1.54, 1.807) is 0 Å². The van der Waals surface area contributed by atoms with E-state index in [0.29, 0.717) is 12.8 Å². The van der Waals surface area contributed by atoms with Crippen molar-refractivity contribution in [3.63, 3.8) is 0 Å².